The molecule has 3 aromatic rings. The lowest BCUT2D eigenvalue weighted by atomic mass is 10.2. The van der Waals surface area contributed by atoms with Gasteiger partial charge in [0.05, 0.1) is 29.0 Å². The van der Waals surface area contributed by atoms with Gasteiger partial charge in [-0.1, -0.05) is 35.1 Å². The molecule has 1 aromatic heterocycles. The first kappa shape index (κ1) is 23.7. The number of benzene rings is 2. The van der Waals surface area contributed by atoms with Crippen LogP contribution in [-0.4, -0.2) is 55.2 Å². The summed E-state index contributed by atoms with van der Waals surface area (Å²) >= 11 is 9.96. The monoisotopic (exact) mass is 577 g/mol. The van der Waals surface area contributed by atoms with Crippen molar-refractivity contribution >= 4 is 79.2 Å². The van der Waals surface area contributed by atoms with Crippen LogP contribution in [0, 0.1) is 10.5 Å². The number of fused-ring (bicyclic) bond motifs is 1. The summed E-state index contributed by atoms with van der Waals surface area (Å²) in [5.41, 5.74) is 2.62. The van der Waals surface area contributed by atoms with Crippen molar-refractivity contribution in [2.75, 3.05) is 44.3 Å². The molecule has 1 aliphatic rings. The zero-order valence-electron chi connectivity index (χ0n) is 16.4. The van der Waals surface area contributed by atoms with E-state index in [1.165, 1.54) is 11.3 Å². The minimum absolute atomic E-state index is 0. The van der Waals surface area contributed by atoms with E-state index in [1.54, 1.807) is 0 Å². The van der Waals surface area contributed by atoms with Crippen LogP contribution in [0.5, 0.6) is 0 Å². The minimum Gasteiger partial charge on any atom is -0.379 e. The molecule has 9 heteroatoms. The van der Waals surface area contributed by atoms with Crippen LogP contribution in [0.2, 0.25) is 5.02 Å². The molecule has 4 rings (SSSR count). The van der Waals surface area contributed by atoms with Crippen molar-refractivity contribution in [3.63, 3.8) is 0 Å². The Kier molecular flexibility index (Phi) is 8.34. The summed E-state index contributed by atoms with van der Waals surface area (Å²) in [6.07, 6.45) is 0. The molecule has 2 heterocycles. The molecule has 0 saturated carbocycles. The lowest BCUT2D eigenvalue weighted by molar-refractivity contribution is 0.0391. The quantitative estimate of drug-likeness (QED) is 0.388. The van der Waals surface area contributed by atoms with Crippen molar-refractivity contribution in [2.24, 2.45) is 0 Å². The Labute approximate surface area is 204 Å². The smallest absolute Gasteiger partial charge is 0.261 e. The molecule has 0 bridgehead atoms. The van der Waals surface area contributed by atoms with E-state index in [2.05, 4.69) is 27.5 Å². The van der Waals surface area contributed by atoms with Crippen LogP contribution in [0.4, 0.5) is 5.13 Å². The topological polar surface area (TPSA) is 45.7 Å². The molecule has 0 N–H and O–H groups in total. The van der Waals surface area contributed by atoms with Gasteiger partial charge in [0.2, 0.25) is 0 Å². The molecule has 5 nitrogen and oxygen atoms in total. The molecular weight excluding hydrogens is 556 g/mol. The molecule has 0 unspecified atom stereocenters. The molecule has 0 spiro atoms. The standard InChI is InChI=1S/C21H21ClIN3O2S.ClH/c1-14-12-15(22)13-18-19(14)24-21(29-18)26(7-6-25-8-10-28-11-9-25)20(27)16-4-2-3-5-17(16)23;/h2-5,12-13H,6-11H2,1H3;1H. The number of rotatable bonds is 5. The zero-order valence-corrected chi connectivity index (χ0v) is 21.0. The summed E-state index contributed by atoms with van der Waals surface area (Å²) in [7, 11) is 0. The highest BCUT2D eigenvalue weighted by molar-refractivity contribution is 14.1. The summed E-state index contributed by atoms with van der Waals surface area (Å²) in [6.45, 7) is 6.62. The van der Waals surface area contributed by atoms with Gasteiger partial charge in [0.1, 0.15) is 0 Å². The number of hydrogen-bond acceptors (Lipinski definition) is 5. The third-order valence-corrected chi connectivity index (χ3v) is 7.15. The van der Waals surface area contributed by atoms with E-state index < -0.39 is 0 Å². The highest BCUT2D eigenvalue weighted by Crippen LogP contribution is 2.34. The van der Waals surface area contributed by atoms with Crippen molar-refractivity contribution in [2.45, 2.75) is 6.92 Å². The third-order valence-electron chi connectivity index (χ3n) is 4.96. The molecule has 0 aliphatic carbocycles. The summed E-state index contributed by atoms with van der Waals surface area (Å²) in [6, 6.07) is 11.5. The number of carbonyl (C=O) groups excluding carboxylic acids is 1. The van der Waals surface area contributed by atoms with Gasteiger partial charge >= 0.3 is 0 Å². The first-order valence-corrected chi connectivity index (χ1v) is 11.7. The second kappa shape index (κ2) is 10.6. The number of halogens is 3. The highest BCUT2D eigenvalue weighted by Gasteiger charge is 2.24. The maximum absolute atomic E-state index is 13.5. The Balaban J connectivity index is 0.00000256. The fraction of sp³-hybridized carbons (Fsp3) is 0.333. The van der Waals surface area contributed by atoms with Crippen LogP contribution >= 0.6 is 57.9 Å². The molecular formula is C21H22Cl2IN3O2S. The average Bonchev–Trinajstić information content (AvgIpc) is 3.13. The number of carbonyl (C=O) groups is 1. The molecule has 1 aliphatic heterocycles. The Bertz CT molecular complexity index is 1040. The minimum atomic E-state index is -0.0222. The number of anilines is 1. The second-order valence-electron chi connectivity index (χ2n) is 6.96. The second-order valence-corrected chi connectivity index (χ2v) is 9.56. The van der Waals surface area contributed by atoms with Crippen LogP contribution in [-0.2, 0) is 4.74 Å². The SMILES string of the molecule is Cc1cc(Cl)cc2sc(N(CCN3CCOCC3)C(=O)c3ccccc3I)nc12.Cl. The molecule has 2 aromatic carbocycles. The van der Waals surface area contributed by atoms with E-state index >= 15 is 0 Å². The van der Waals surface area contributed by atoms with Crippen molar-refractivity contribution in [1.29, 1.82) is 0 Å². The van der Waals surface area contributed by atoms with Crippen LogP contribution in [0.3, 0.4) is 0 Å². The molecule has 30 heavy (non-hydrogen) atoms. The van der Waals surface area contributed by atoms with Gasteiger partial charge in [-0.15, -0.1) is 12.4 Å². The van der Waals surface area contributed by atoms with Crippen molar-refractivity contribution in [3.8, 4) is 0 Å². The van der Waals surface area contributed by atoms with Crippen molar-refractivity contribution in [3.05, 3.63) is 56.1 Å². The number of aryl methyl sites for hydroxylation is 1. The average molecular weight is 578 g/mol. The van der Waals surface area contributed by atoms with Crippen LogP contribution < -0.4 is 4.90 Å². The number of thiazole rings is 1. The number of nitrogens with zero attached hydrogens (tertiary/aromatic N) is 3. The van der Waals surface area contributed by atoms with Crippen molar-refractivity contribution < 1.29 is 9.53 Å². The molecule has 1 amide bonds. The Hall–Kier alpha value is -0.970. The third kappa shape index (κ3) is 5.26. The van der Waals surface area contributed by atoms with Crippen LogP contribution in [0.15, 0.2) is 36.4 Å². The molecule has 1 fully saturated rings. The summed E-state index contributed by atoms with van der Waals surface area (Å²) in [4.78, 5) is 22.4. The summed E-state index contributed by atoms with van der Waals surface area (Å²) in [5, 5.41) is 1.40. The van der Waals surface area contributed by atoms with Gasteiger partial charge in [-0.25, -0.2) is 4.98 Å². The number of ether oxygens (including phenoxy) is 1. The van der Waals surface area contributed by atoms with Crippen LogP contribution in [0.1, 0.15) is 15.9 Å². The lowest BCUT2D eigenvalue weighted by Crippen LogP contribution is -2.43. The maximum atomic E-state index is 13.5. The van der Waals surface area contributed by atoms with E-state index in [0.717, 1.165) is 52.2 Å². The summed E-state index contributed by atoms with van der Waals surface area (Å²) in [5.74, 6) is -0.0222. The van der Waals surface area contributed by atoms with E-state index in [0.29, 0.717) is 22.3 Å². The first-order valence-electron chi connectivity index (χ1n) is 9.46. The molecule has 0 radical (unpaired) electrons. The summed E-state index contributed by atoms with van der Waals surface area (Å²) < 4.78 is 7.38. The molecule has 0 atom stereocenters. The van der Waals surface area contributed by atoms with E-state index in [1.807, 2.05) is 48.2 Å². The Morgan fingerprint density at radius 3 is 2.77 bits per heavy atom. The molecule has 160 valence electrons. The number of hydrogen-bond donors (Lipinski definition) is 0. The maximum Gasteiger partial charge on any atom is 0.261 e. The zero-order chi connectivity index (χ0) is 20.4. The van der Waals surface area contributed by atoms with E-state index in [9.17, 15) is 4.79 Å². The fourth-order valence-electron chi connectivity index (χ4n) is 3.39. The number of amides is 1. The predicted molar refractivity (Wildman–Crippen MR) is 135 cm³/mol. The number of aromatic nitrogens is 1. The van der Waals surface area contributed by atoms with Crippen LogP contribution in [0.25, 0.3) is 10.2 Å². The van der Waals surface area contributed by atoms with E-state index in [4.69, 9.17) is 21.3 Å². The van der Waals surface area contributed by atoms with Crippen molar-refractivity contribution in [1.82, 2.24) is 9.88 Å². The predicted octanol–water partition coefficient (Wildman–Crippen LogP) is 5.26. The van der Waals surface area contributed by atoms with E-state index in [-0.39, 0.29) is 18.3 Å². The fourth-order valence-corrected chi connectivity index (χ4v) is 5.45. The lowest BCUT2D eigenvalue weighted by Gasteiger charge is -2.29. The Morgan fingerprint density at radius 2 is 2.03 bits per heavy atom. The number of morpholine rings is 1. The van der Waals surface area contributed by atoms with Gasteiger partial charge in [-0.3, -0.25) is 14.6 Å². The largest absolute Gasteiger partial charge is 0.379 e. The van der Waals surface area contributed by atoms with Gasteiger partial charge in [0, 0.05) is 34.8 Å². The highest BCUT2D eigenvalue weighted by atomic mass is 127. The van der Waals surface area contributed by atoms with Gasteiger partial charge in [-0.2, -0.15) is 0 Å². The van der Waals surface area contributed by atoms with Gasteiger partial charge in [0.15, 0.2) is 5.13 Å². The van der Waals surface area contributed by atoms with Gasteiger partial charge in [0.25, 0.3) is 5.91 Å². The first-order chi connectivity index (χ1) is 14.0. The van der Waals surface area contributed by atoms with Gasteiger partial charge < -0.3 is 4.74 Å². The Morgan fingerprint density at radius 1 is 1.30 bits per heavy atom. The van der Waals surface area contributed by atoms with Gasteiger partial charge in [-0.05, 0) is 59.3 Å². The normalized spacial score (nSPS) is 14.5. The molecule has 1 saturated heterocycles.